The second-order valence-corrected chi connectivity index (χ2v) is 5.48. The van der Waals surface area contributed by atoms with Gasteiger partial charge in [-0.3, -0.25) is 4.79 Å². The molecule has 0 aromatic rings. The molecule has 4 heteroatoms. The van der Waals surface area contributed by atoms with Gasteiger partial charge in [0.05, 0.1) is 11.6 Å². The monoisotopic (exact) mass is 242 g/mol. The number of hydrogen-bond acceptors (Lipinski definition) is 3. The fraction of sp³-hybridized carbons (Fsp3) is 0.923. The Morgan fingerprint density at radius 1 is 1.35 bits per heavy atom. The summed E-state index contributed by atoms with van der Waals surface area (Å²) in [5.41, 5.74) is -0.0212. The zero-order valence-electron chi connectivity index (χ0n) is 11.5. The molecule has 100 valence electrons. The summed E-state index contributed by atoms with van der Waals surface area (Å²) >= 11 is 0. The molecule has 1 fully saturated rings. The van der Waals surface area contributed by atoms with E-state index in [1.54, 1.807) is 7.11 Å². The van der Waals surface area contributed by atoms with Gasteiger partial charge in [0.25, 0.3) is 0 Å². The molecule has 17 heavy (non-hydrogen) atoms. The topological polar surface area (TPSA) is 50.4 Å². The highest BCUT2D eigenvalue weighted by Crippen LogP contribution is 2.34. The summed E-state index contributed by atoms with van der Waals surface area (Å²) in [5, 5.41) is 6.19. The highest BCUT2D eigenvalue weighted by atomic mass is 16.5. The van der Waals surface area contributed by atoms with E-state index in [1.807, 2.05) is 6.92 Å². The number of rotatable bonds is 7. The predicted octanol–water partition coefficient (Wildman–Crippen LogP) is 1.31. The highest BCUT2D eigenvalue weighted by molar-refractivity contribution is 5.81. The first-order valence-electron chi connectivity index (χ1n) is 6.55. The lowest BCUT2D eigenvalue weighted by atomic mass is 9.80. The first-order chi connectivity index (χ1) is 7.99. The SMILES string of the molecule is COC1(CNC(C)C(=O)NCC(C)C)CCC1. The Morgan fingerprint density at radius 3 is 2.41 bits per heavy atom. The molecule has 0 bridgehead atoms. The molecule has 4 nitrogen and oxygen atoms in total. The zero-order chi connectivity index (χ0) is 12.9. The van der Waals surface area contributed by atoms with E-state index in [2.05, 4.69) is 24.5 Å². The largest absolute Gasteiger partial charge is 0.377 e. The Hall–Kier alpha value is -0.610. The van der Waals surface area contributed by atoms with Crippen LogP contribution in [0.4, 0.5) is 0 Å². The fourth-order valence-electron chi connectivity index (χ4n) is 1.91. The molecule has 1 aliphatic carbocycles. The van der Waals surface area contributed by atoms with Crippen LogP contribution in [-0.4, -0.2) is 37.7 Å². The Morgan fingerprint density at radius 2 is 2.00 bits per heavy atom. The van der Waals surface area contributed by atoms with Crippen molar-refractivity contribution in [2.24, 2.45) is 5.92 Å². The van der Waals surface area contributed by atoms with Gasteiger partial charge in [0.2, 0.25) is 5.91 Å². The van der Waals surface area contributed by atoms with Crippen LogP contribution in [0, 0.1) is 5.92 Å². The first-order valence-corrected chi connectivity index (χ1v) is 6.55. The molecule has 1 amide bonds. The van der Waals surface area contributed by atoms with Crippen molar-refractivity contribution in [2.45, 2.75) is 51.7 Å². The standard InChI is InChI=1S/C13H26N2O2/c1-10(2)8-14-12(16)11(3)15-9-13(17-4)6-5-7-13/h10-11,15H,5-9H2,1-4H3,(H,14,16). The molecule has 0 aliphatic heterocycles. The number of methoxy groups -OCH3 is 1. The summed E-state index contributed by atoms with van der Waals surface area (Å²) in [7, 11) is 1.75. The molecule has 0 radical (unpaired) electrons. The van der Waals surface area contributed by atoms with Crippen molar-refractivity contribution in [1.82, 2.24) is 10.6 Å². The van der Waals surface area contributed by atoms with Crippen LogP contribution in [0.2, 0.25) is 0 Å². The molecular formula is C13H26N2O2. The normalized spacial score (nSPS) is 19.8. The Balaban J connectivity index is 2.24. The van der Waals surface area contributed by atoms with Gasteiger partial charge in [0, 0.05) is 20.2 Å². The van der Waals surface area contributed by atoms with Crippen LogP contribution in [0.3, 0.4) is 0 Å². The van der Waals surface area contributed by atoms with Gasteiger partial charge in [0.1, 0.15) is 0 Å². The lowest BCUT2D eigenvalue weighted by Crippen LogP contribution is -2.53. The van der Waals surface area contributed by atoms with Gasteiger partial charge >= 0.3 is 0 Å². The maximum Gasteiger partial charge on any atom is 0.236 e. The molecule has 0 aromatic heterocycles. The molecule has 1 saturated carbocycles. The molecule has 0 heterocycles. The molecule has 0 aromatic carbocycles. The number of nitrogens with one attached hydrogen (secondary N) is 2. The Labute approximate surface area is 104 Å². The van der Waals surface area contributed by atoms with E-state index in [1.165, 1.54) is 6.42 Å². The van der Waals surface area contributed by atoms with Crippen molar-refractivity contribution < 1.29 is 9.53 Å². The third-order valence-corrected chi connectivity index (χ3v) is 3.51. The lowest BCUT2D eigenvalue weighted by molar-refractivity contribution is -0.123. The van der Waals surface area contributed by atoms with Gasteiger partial charge in [-0.05, 0) is 32.1 Å². The average molecular weight is 242 g/mol. The smallest absolute Gasteiger partial charge is 0.236 e. The number of carbonyl (C=O) groups is 1. The maximum atomic E-state index is 11.7. The van der Waals surface area contributed by atoms with E-state index < -0.39 is 0 Å². The Bertz CT molecular complexity index is 244. The fourth-order valence-corrected chi connectivity index (χ4v) is 1.91. The molecule has 1 unspecified atom stereocenters. The lowest BCUT2D eigenvalue weighted by Gasteiger charge is -2.41. The van der Waals surface area contributed by atoms with Crippen molar-refractivity contribution in [3.63, 3.8) is 0 Å². The summed E-state index contributed by atoms with van der Waals surface area (Å²) < 4.78 is 5.51. The molecule has 0 saturated heterocycles. The third kappa shape index (κ3) is 4.28. The van der Waals surface area contributed by atoms with E-state index in [0.29, 0.717) is 5.92 Å². The van der Waals surface area contributed by atoms with Gasteiger partial charge < -0.3 is 15.4 Å². The van der Waals surface area contributed by atoms with Crippen LogP contribution in [0.15, 0.2) is 0 Å². The van der Waals surface area contributed by atoms with Crippen LogP contribution in [0.25, 0.3) is 0 Å². The van der Waals surface area contributed by atoms with Crippen molar-refractivity contribution in [2.75, 3.05) is 20.2 Å². The highest BCUT2D eigenvalue weighted by Gasteiger charge is 2.37. The molecular weight excluding hydrogens is 216 g/mol. The van der Waals surface area contributed by atoms with E-state index in [4.69, 9.17) is 4.74 Å². The minimum atomic E-state index is -0.152. The van der Waals surface area contributed by atoms with Crippen molar-refractivity contribution in [3.05, 3.63) is 0 Å². The second kappa shape index (κ2) is 6.36. The van der Waals surface area contributed by atoms with E-state index in [-0.39, 0.29) is 17.6 Å². The van der Waals surface area contributed by atoms with Crippen LogP contribution in [0.5, 0.6) is 0 Å². The van der Waals surface area contributed by atoms with E-state index in [0.717, 1.165) is 25.9 Å². The molecule has 2 N–H and O–H groups in total. The number of ether oxygens (including phenoxy) is 1. The quantitative estimate of drug-likeness (QED) is 0.707. The van der Waals surface area contributed by atoms with Crippen molar-refractivity contribution >= 4 is 5.91 Å². The zero-order valence-corrected chi connectivity index (χ0v) is 11.5. The summed E-state index contributed by atoms with van der Waals surface area (Å²) in [5.74, 6) is 0.562. The van der Waals surface area contributed by atoms with Gasteiger partial charge in [-0.2, -0.15) is 0 Å². The van der Waals surface area contributed by atoms with E-state index in [9.17, 15) is 4.79 Å². The summed E-state index contributed by atoms with van der Waals surface area (Å²) in [6, 6.07) is -0.152. The third-order valence-electron chi connectivity index (χ3n) is 3.51. The number of hydrogen-bond donors (Lipinski definition) is 2. The predicted molar refractivity (Wildman–Crippen MR) is 68.9 cm³/mol. The number of amides is 1. The number of carbonyl (C=O) groups excluding carboxylic acids is 1. The summed E-state index contributed by atoms with van der Waals surface area (Å²) in [6.07, 6.45) is 3.41. The van der Waals surface area contributed by atoms with Crippen molar-refractivity contribution in [1.29, 1.82) is 0 Å². The van der Waals surface area contributed by atoms with Gasteiger partial charge in [-0.25, -0.2) is 0 Å². The Kier molecular flexibility index (Phi) is 5.40. The molecule has 1 aliphatic rings. The summed E-state index contributed by atoms with van der Waals surface area (Å²) in [6.45, 7) is 7.58. The van der Waals surface area contributed by atoms with Crippen LogP contribution in [0.1, 0.15) is 40.0 Å². The summed E-state index contributed by atoms with van der Waals surface area (Å²) in [4.78, 5) is 11.7. The first kappa shape index (κ1) is 14.5. The minimum Gasteiger partial charge on any atom is -0.377 e. The van der Waals surface area contributed by atoms with Gasteiger partial charge in [-0.15, -0.1) is 0 Å². The van der Waals surface area contributed by atoms with E-state index >= 15 is 0 Å². The van der Waals surface area contributed by atoms with Crippen molar-refractivity contribution in [3.8, 4) is 0 Å². The van der Waals surface area contributed by atoms with Gasteiger partial charge in [0.15, 0.2) is 0 Å². The van der Waals surface area contributed by atoms with Crippen LogP contribution >= 0.6 is 0 Å². The molecule has 1 atom stereocenters. The molecule has 1 rings (SSSR count). The van der Waals surface area contributed by atoms with Crippen LogP contribution in [-0.2, 0) is 9.53 Å². The van der Waals surface area contributed by atoms with Crippen LogP contribution < -0.4 is 10.6 Å². The second-order valence-electron chi connectivity index (χ2n) is 5.48. The molecule has 0 spiro atoms. The van der Waals surface area contributed by atoms with Gasteiger partial charge in [-0.1, -0.05) is 13.8 Å². The minimum absolute atomic E-state index is 0.0212. The average Bonchev–Trinajstić information content (AvgIpc) is 2.24. The maximum absolute atomic E-state index is 11.7.